The van der Waals surface area contributed by atoms with Crippen molar-refractivity contribution >= 4 is 5.91 Å². The highest BCUT2D eigenvalue weighted by molar-refractivity contribution is 5.89. The predicted octanol–water partition coefficient (Wildman–Crippen LogP) is 4.84. The van der Waals surface area contributed by atoms with E-state index in [-0.39, 0.29) is 11.3 Å². The minimum atomic E-state index is 0.0411. The molecule has 3 nitrogen and oxygen atoms in total. The second-order valence-electron chi connectivity index (χ2n) is 8.56. The van der Waals surface area contributed by atoms with E-state index in [1.54, 1.807) is 0 Å². The van der Waals surface area contributed by atoms with Gasteiger partial charge in [-0.2, -0.15) is 0 Å². The van der Waals surface area contributed by atoms with Gasteiger partial charge in [0.25, 0.3) is 0 Å². The van der Waals surface area contributed by atoms with Gasteiger partial charge in [0.2, 0.25) is 5.91 Å². The highest BCUT2D eigenvalue weighted by Gasteiger charge is 2.58. The molecule has 4 aliphatic rings. The van der Waals surface area contributed by atoms with Crippen LogP contribution in [0.3, 0.4) is 0 Å². The number of amides is 1. The number of ether oxygens (including phenoxy) is 1. The van der Waals surface area contributed by atoms with Crippen LogP contribution in [0, 0.1) is 28.6 Å². The average Bonchev–Trinajstić information content (AvgIpc) is 2.87. The number of carbonyl (C=O) groups excluding carboxylic acids is 1. The van der Waals surface area contributed by atoms with Crippen molar-refractivity contribution in [2.75, 3.05) is 7.11 Å². The summed E-state index contributed by atoms with van der Waals surface area (Å²) in [7, 11) is 1.89. The molecule has 0 spiro atoms. The molecular formula is C22H35NO2. The van der Waals surface area contributed by atoms with Crippen LogP contribution in [-0.4, -0.2) is 19.1 Å². The van der Waals surface area contributed by atoms with Crippen molar-refractivity contribution in [1.82, 2.24) is 5.32 Å². The topological polar surface area (TPSA) is 38.3 Å². The van der Waals surface area contributed by atoms with Crippen molar-refractivity contribution in [3.05, 3.63) is 23.9 Å². The third-order valence-corrected chi connectivity index (χ3v) is 7.80. The smallest absolute Gasteiger partial charge is 0.247 e. The lowest BCUT2D eigenvalue weighted by molar-refractivity contribution is -0.115. The first-order valence-corrected chi connectivity index (χ1v) is 10.2. The Morgan fingerprint density at radius 2 is 1.88 bits per heavy atom. The SMILES string of the molecule is CC.COC1CC[C@H]2C3CCC4=CC(=O)NC=CC4(C)[C@H]3CCC12C. The van der Waals surface area contributed by atoms with Gasteiger partial charge in [-0.05, 0) is 61.7 Å². The Hall–Kier alpha value is -1.09. The number of nitrogens with one attached hydrogen (secondary N) is 1. The molecule has 1 aliphatic heterocycles. The molecule has 25 heavy (non-hydrogen) atoms. The van der Waals surface area contributed by atoms with Crippen LogP contribution in [-0.2, 0) is 9.53 Å². The summed E-state index contributed by atoms with van der Waals surface area (Å²) in [5.74, 6) is 2.26. The molecular weight excluding hydrogens is 310 g/mol. The molecule has 0 aromatic heterocycles. The van der Waals surface area contributed by atoms with Gasteiger partial charge in [0.1, 0.15) is 0 Å². The van der Waals surface area contributed by atoms with Crippen LogP contribution in [0.2, 0.25) is 0 Å². The van der Waals surface area contributed by atoms with Gasteiger partial charge in [-0.1, -0.05) is 39.3 Å². The van der Waals surface area contributed by atoms with Crippen molar-refractivity contribution in [2.24, 2.45) is 28.6 Å². The zero-order chi connectivity index (χ0) is 18.2. The van der Waals surface area contributed by atoms with Gasteiger partial charge >= 0.3 is 0 Å². The number of rotatable bonds is 1. The minimum Gasteiger partial charge on any atom is -0.381 e. The first kappa shape index (κ1) is 18.7. The van der Waals surface area contributed by atoms with Gasteiger partial charge in [0, 0.05) is 24.8 Å². The summed E-state index contributed by atoms with van der Waals surface area (Å²) in [6.07, 6.45) is 13.8. The highest BCUT2D eigenvalue weighted by atomic mass is 16.5. The van der Waals surface area contributed by atoms with Gasteiger partial charge < -0.3 is 10.1 Å². The standard InChI is InChI=1S/C20H29NO2.C2H6/c1-19-10-11-21-18(22)12-13(19)4-5-14-15-6-7-17(23-3)20(15,2)9-8-16(14)19;1-2/h10-12,14-17H,4-9H2,1-3H3,(H,21,22);1-2H3/t14?,15-,16-,17?,19?,20?;/m0./s1. The number of hydrogen-bond donors (Lipinski definition) is 1. The second-order valence-corrected chi connectivity index (χ2v) is 8.56. The summed E-state index contributed by atoms with van der Waals surface area (Å²) >= 11 is 0. The average molecular weight is 346 g/mol. The van der Waals surface area contributed by atoms with Crippen LogP contribution in [0.4, 0.5) is 0 Å². The van der Waals surface area contributed by atoms with Crippen LogP contribution in [0.1, 0.15) is 66.2 Å². The largest absolute Gasteiger partial charge is 0.381 e. The van der Waals surface area contributed by atoms with Gasteiger partial charge in [-0.3, -0.25) is 4.79 Å². The maximum Gasteiger partial charge on any atom is 0.247 e. The van der Waals surface area contributed by atoms with Crippen molar-refractivity contribution in [1.29, 1.82) is 0 Å². The van der Waals surface area contributed by atoms with Crippen molar-refractivity contribution in [3.8, 4) is 0 Å². The van der Waals surface area contributed by atoms with Gasteiger partial charge in [0.15, 0.2) is 0 Å². The molecule has 3 aliphatic carbocycles. The lowest BCUT2D eigenvalue weighted by atomic mass is 9.49. The molecule has 140 valence electrons. The molecule has 0 bridgehead atoms. The van der Waals surface area contributed by atoms with Gasteiger partial charge in [-0.15, -0.1) is 0 Å². The lowest BCUT2D eigenvalue weighted by Crippen LogP contribution is -2.50. The Balaban J connectivity index is 0.000000880. The summed E-state index contributed by atoms with van der Waals surface area (Å²) < 4.78 is 5.85. The summed E-state index contributed by atoms with van der Waals surface area (Å²) in [5.41, 5.74) is 1.75. The molecule has 3 saturated carbocycles. The van der Waals surface area contributed by atoms with Crippen molar-refractivity contribution < 1.29 is 9.53 Å². The fourth-order valence-electron chi connectivity index (χ4n) is 6.56. The van der Waals surface area contributed by atoms with Crippen LogP contribution >= 0.6 is 0 Å². The molecule has 0 radical (unpaired) electrons. The number of hydrogen-bond acceptors (Lipinski definition) is 2. The van der Waals surface area contributed by atoms with E-state index in [9.17, 15) is 4.79 Å². The van der Waals surface area contributed by atoms with E-state index in [1.165, 1.54) is 37.7 Å². The van der Waals surface area contributed by atoms with E-state index < -0.39 is 0 Å². The third kappa shape index (κ3) is 2.79. The number of fused-ring (bicyclic) bond motifs is 5. The molecule has 1 heterocycles. The van der Waals surface area contributed by atoms with E-state index in [1.807, 2.05) is 33.2 Å². The summed E-state index contributed by atoms with van der Waals surface area (Å²) in [4.78, 5) is 11.9. The predicted molar refractivity (Wildman–Crippen MR) is 102 cm³/mol. The summed E-state index contributed by atoms with van der Waals surface area (Å²) in [6.45, 7) is 8.83. The maximum atomic E-state index is 11.9. The molecule has 3 fully saturated rings. The van der Waals surface area contributed by atoms with Crippen molar-refractivity contribution in [2.45, 2.75) is 72.3 Å². The molecule has 3 heteroatoms. The van der Waals surface area contributed by atoms with Crippen LogP contribution < -0.4 is 5.32 Å². The second kappa shape index (κ2) is 6.90. The first-order chi connectivity index (χ1) is 12.0. The Kier molecular flexibility index (Phi) is 5.16. The maximum absolute atomic E-state index is 11.9. The monoisotopic (exact) mass is 345 g/mol. The molecule has 4 rings (SSSR count). The van der Waals surface area contributed by atoms with Crippen molar-refractivity contribution in [3.63, 3.8) is 0 Å². The molecule has 6 atom stereocenters. The van der Waals surface area contributed by atoms with E-state index in [2.05, 4.69) is 25.2 Å². The zero-order valence-electron chi connectivity index (χ0n) is 16.6. The Bertz CT molecular complexity index is 581. The highest BCUT2D eigenvalue weighted by Crippen LogP contribution is 2.64. The quantitative estimate of drug-likeness (QED) is 0.738. The molecule has 1 amide bonds. The number of methoxy groups -OCH3 is 1. The molecule has 0 saturated heterocycles. The molecule has 0 aromatic rings. The third-order valence-electron chi connectivity index (χ3n) is 7.80. The van der Waals surface area contributed by atoms with Gasteiger partial charge in [0.05, 0.1) is 6.10 Å². The fraction of sp³-hybridized carbons (Fsp3) is 0.773. The Morgan fingerprint density at radius 1 is 1.12 bits per heavy atom. The van der Waals surface area contributed by atoms with E-state index in [0.717, 1.165) is 18.3 Å². The van der Waals surface area contributed by atoms with E-state index >= 15 is 0 Å². The molecule has 0 aromatic carbocycles. The number of allylic oxidation sites excluding steroid dienone is 2. The summed E-state index contributed by atoms with van der Waals surface area (Å²) in [6, 6.07) is 0. The van der Waals surface area contributed by atoms with Gasteiger partial charge in [-0.25, -0.2) is 0 Å². The number of carbonyl (C=O) groups is 1. The van der Waals surface area contributed by atoms with E-state index in [0.29, 0.717) is 17.4 Å². The Morgan fingerprint density at radius 3 is 2.60 bits per heavy atom. The van der Waals surface area contributed by atoms with Crippen LogP contribution in [0.15, 0.2) is 23.9 Å². The first-order valence-electron chi connectivity index (χ1n) is 10.2. The zero-order valence-corrected chi connectivity index (χ0v) is 16.6. The lowest BCUT2D eigenvalue weighted by Gasteiger charge is -2.56. The van der Waals surface area contributed by atoms with E-state index in [4.69, 9.17) is 4.74 Å². The minimum absolute atomic E-state index is 0.0411. The molecule has 4 unspecified atom stereocenters. The molecule has 1 N–H and O–H groups in total. The van der Waals surface area contributed by atoms with Crippen LogP contribution in [0.25, 0.3) is 0 Å². The Labute approximate surface area is 153 Å². The summed E-state index contributed by atoms with van der Waals surface area (Å²) in [5, 5.41) is 2.88. The van der Waals surface area contributed by atoms with Crippen LogP contribution in [0.5, 0.6) is 0 Å². The fourth-order valence-corrected chi connectivity index (χ4v) is 6.56. The normalized spacial score (nSPS) is 45.0.